The molecule has 4 heterocycles. The summed E-state index contributed by atoms with van der Waals surface area (Å²) in [6.45, 7) is 7.28. The SMILES string of the molecule is CC(C)c1cnn2c(NCc3cncs3)cc(NC[C@H]3CCNC[C@@H]3O)nc12. The summed E-state index contributed by atoms with van der Waals surface area (Å²) >= 11 is 1.62. The van der Waals surface area contributed by atoms with Crippen molar-refractivity contribution in [3.05, 3.63) is 34.4 Å². The normalized spacial score (nSPS) is 20.0. The molecule has 2 atom stereocenters. The second kappa shape index (κ2) is 8.42. The zero-order chi connectivity index (χ0) is 19.5. The van der Waals surface area contributed by atoms with Gasteiger partial charge in [-0.2, -0.15) is 9.61 Å². The van der Waals surface area contributed by atoms with E-state index in [-0.39, 0.29) is 12.0 Å². The lowest BCUT2D eigenvalue weighted by Gasteiger charge is -2.28. The number of nitrogens with one attached hydrogen (secondary N) is 3. The molecule has 0 aliphatic carbocycles. The summed E-state index contributed by atoms with van der Waals surface area (Å²) in [5.41, 5.74) is 3.81. The van der Waals surface area contributed by atoms with Crippen LogP contribution in [0.25, 0.3) is 5.65 Å². The van der Waals surface area contributed by atoms with Crippen LogP contribution in [-0.4, -0.2) is 50.4 Å². The number of fused-ring (bicyclic) bond motifs is 1. The second-order valence-electron chi connectivity index (χ2n) is 7.54. The molecule has 4 N–H and O–H groups in total. The number of piperidine rings is 1. The molecule has 1 saturated heterocycles. The number of anilines is 2. The van der Waals surface area contributed by atoms with E-state index in [4.69, 9.17) is 4.98 Å². The predicted molar refractivity (Wildman–Crippen MR) is 112 cm³/mol. The van der Waals surface area contributed by atoms with Crippen LogP contribution in [0, 0.1) is 5.92 Å². The number of aromatic nitrogens is 4. The van der Waals surface area contributed by atoms with Gasteiger partial charge >= 0.3 is 0 Å². The Kier molecular flexibility index (Phi) is 5.74. The van der Waals surface area contributed by atoms with Crippen molar-refractivity contribution in [1.82, 2.24) is 24.9 Å². The van der Waals surface area contributed by atoms with Crippen LogP contribution in [-0.2, 0) is 6.54 Å². The monoisotopic (exact) mass is 401 g/mol. The molecule has 4 rings (SSSR count). The average molecular weight is 402 g/mol. The van der Waals surface area contributed by atoms with Gasteiger partial charge in [-0.15, -0.1) is 11.3 Å². The van der Waals surface area contributed by atoms with E-state index in [1.165, 1.54) is 0 Å². The molecule has 1 aliphatic heterocycles. The van der Waals surface area contributed by atoms with Crippen molar-refractivity contribution < 1.29 is 5.11 Å². The fourth-order valence-corrected chi connectivity index (χ4v) is 4.02. The van der Waals surface area contributed by atoms with Crippen molar-refractivity contribution in [3.63, 3.8) is 0 Å². The Morgan fingerprint density at radius 2 is 2.25 bits per heavy atom. The van der Waals surface area contributed by atoms with Gasteiger partial charge in [0.1, 0.15) is 11.6 Å². The minimum atomic E-state index is -0.324. The maximum Gasteiger partial charge on any atom is 0.163 e. The highest BCUT2D eigenvalue weighted by Crippen LogP contribution is 2.25. The lowest BCUT2D eigenvalue weighted by atomic mass is 9.95. The molecule has 28 heavy (non-hydrogen) atoms. The number of hydrogen-bond donors (Lipinski definition) is 4. The highest BCUT2D eigenvalue weighted by atomic mass is 32.1. The lowest BCUT2D eigenvalue weighted by molar-refractivity contribution is 0.0883. The van der Waals surface area contributed by atoms with Crippen molar-refractivity contribution in [2.45, 2.75) is 38.8 Å². The van der Waals surface area contributed by atoms with E-state index in [2.05, 4.69) is 39.9 Å². The third-order valence-corrected chi connectivity index (χ3v) is 5.96. The molecular formula is C19H27N7OS. The van der Waals surface area contributed by atoms with Crippen LogP contribution in [0.3, 0.4) is 0 Å². The smallest absolute Gasteiger partial charge is 0.163 e. The third-order valence-electron chi connectivity index (χ3n) is 5.18. The van der Waals surface area contributed by atoms with E-state index in [1.54, 1.807) is 11.3 Å². The van der Waals surface area contributed by atoms with E-state index < -0.39 is 0 Å². The molecule has 0 spiro atoms. The van der Waals surface area contributed by atoms with Gasteiger partial charge in [0.25, 0.3) is 0 Å². The van der Waals surface area contributed by atoms with Crippen molar-refractivity contribution in [2.24, 2.45) is 5.92 Å². The fourth-order valence-electron chi connectivity index (χ4n) is 3.48. The van der Waals surface area contributed by atoms with Gasteiger partial charge in [-0.1, -0.05) is 13.8 Å². The van der Waals surface area contributed by atoms with Crippen LogP contribution < -0.4 is 16.0 Å². The van der Waals surface area contributed by atoms with Gasteiger partial charge < -0.3 is 21.1 Å². The average Bonchev–Trinajstić information content (AvgIpc) is 3.35. The molecule has 0 radical (unpaired) electrons. The van der Waals surface area contributed by atoms with Gasteiger partial charge in [0, 0.05) is 41.7 Å². The quantitative estimate of drug-likeness (QED) is 0.482. The summed E-state index contributed by atoms with van der Waals surface area (Å²) in [5.74, 6) is 2.24. The third kappa shape index (κ3) is 4.11. The van der Waals surface area contributed by atoms with E-state index in [9.17, 15) is 5.11 Å². The number of β-amino-alcohol motifs (C(OH)–C–C–N with tert-alkyl or cyclic N) is 1. The number of nitrogens with zero attached hydrogens (tertiary/aromatic N) is 4. The first-order valence-corrected chi connectivity index (χ1v) is 10.6. The molecule has 1 fully saturated rings. The number of aliphatic hydroxyl groups excluding tert-OH is 1. The van der Waals surface area contributed by atoms with Gasteiger partial charge in [-0.05, 0) is 18.9 Å². The Labute approximate surface area is 168 Å². The van der Waals surface area contributed by atoms with Gasteiger partial charge in [0.2, 0.25) is 0 Å². The minimum absolute atomic E-state index is 0.224. The fraction of sp³-hybridized carbons (Fsp3) is 0.526. The summed E-state index contributed by atoms with van der Waals surface area (Å²) in [7, 11) is 0. The van der Waals surface area contributed by atoms with E-state index in [0.717, 1.165) is 40.7 Å². The Hall–Kier alpha value is -2.23. The molecule has 3 aromatic rings. The van der Waals surface area contributed by atoms with Gasteiger partial charge in [0.15, 0.2) is 5.65 Å². The summed E-state index contributed by atoms with van der Waals surface area (Å²) in [5, 5.41) is 24.9. The molecule has 0 amide bonds. The first-order valence-electron chi connectivity index (χ1n) is 9.74. The van der Waals surface area contributed by atoms with Crippen LogP contribution in [0.2, 0.25) is 0 Å². The minimum Gasteiger partial charge on any atom is -0.391 e. The summed E-state index contributed by atoms with van der Waals surface area (Å²) in [4.78, 5) is 10.1. The standard InChI is InChI=1S/C19H27N7OS/c1-12(2)15-9-24-26-18(23-8-14-7-21-11-28-14)5-17(25-19(15)26)22-6-13-3-4-20-10-16(13)27/h5,7,9,11-13,16,20,23,27H,3-4,6,8,10H2,1-2H3,(H,22,25)/t13-,16+/m1/s1. The summed E-state index contributed by atoms with van der Waals surface area (Å²) in [6, 6.07) is 1.98. The Morgan fingerprint density at radius 1 is 1.36 bits per heavy atom. The maximum atomic E-state index is 10.2. The number of hydrogen-bond acceptors (Lipinski definition) is 8. The highest BCUT2D eigenvalue weighted by Gasteiger charge is 2.23. The lowest BCUT2D eigenvalue weighted by Crippen LogP contribution is -2.43. The van der Waals surface area contributed by atoms with Crippen molar-refractivity contribution in [1.29, 1.82) is 0 Å². The molecule has 1 aliphatic rings. The van der Waals surface area contributed by atoms with Crippen molar-refractivity contribution in [2.75, 3.05) is 30.3 Å². The zero-order valence-corrected chi connectivity index (χ0v) is 17.0. The molecule has 0 saturated carbocycles. The molecular weight excluding hydrogens is 374 g/mol. The Balaban J connectivity index is 1.58. The maximum absolute atomic E-state index is 10.2. The molecule has 0 unspecified atom stereocenters. The molecule has 9 heteroatoms. The molecule has 150 valence electrons. The topological polar surface area (TPSA) is 99.4 Å². The summed E-state index contributed by atoms with van der Waals surface area (Å²) < 4.78 is 1.86. The van der Waals surface area contributed by atoms with E-state index in [1.807, 2.05) is 28.5 Å². The molecule has 0 bridgehead atoms. The van der Waals surface area contributed by atoms with Crippen LogP contribution >= 0.6 is 11.3 Å². The van der Waals surface area contributed by atoms with Gasteiger partial charge in [-0.25, -0.2) is 4.98 Å². The molecule has 3 aromatic heterocycles. The molecule has 8 nitrogen and oxygen atoms in total. The highest BCUT2D eigenvalue weighted by molar-refractivity contribution is 7.09. The van der Waals surface area contributed by atoms with Crippen molar-refractivity contribution >= 4 is 28.6 Å². The first kappa shape index (κ1) is 19.1. The van der Waals surface area contributed by atoms with Gasteiger partial charge in [0.05, 0.1) is 24.4 Å². The Morgan fingerprint density at radius 3 is 3.00 bits per heavy atom. The van der Waals surface area contributed by atoms with Gasteiger partial charge in [-0.3, -0.25) is 4.98 Å². The number of rotatable bonds is 7. The first-order chi connectivity index (χ1) is 13.6. The van der Waals surface area contributed by atoms with E-state index >= 15 is 0 Å². The Bertz CT molecular complexity index is 909. The zero-order valence-electron chi connectivity index (χ0n) is 16.2. The molecule has 0 aromatic carbocycles. The van der Waals surface area contributed by atoms with Crippen LogP contribution in [0.15, 0.2) is 24.0 Å². The number of aliphatic hydroxyl groups is 1. The predicted octanol–water partition coefficient (Wildman–Crippen LogP) is 2.30. The van der Waals surface area contributed by atoms with Crippen LogP contribution in [0.5, 0.6) is 0 Å². The summed E-state index contributed by atoms with van der Waals surface area (Å²) in [6.07, 6.45) is 4.40. The van der Waals surface area contributed by atoms with Crippen LogP contribution in [0.4, 0.5) is 11.6 Å². The largest absolute Gasteiger partial charge is 0.391 e. The van der Waals surface area contributed by atoms with E-state index in [0.29, 0.717) is 25.6 Å². The van der Waals surface area contributed by atoms with Crippen molar-refractivity contribution in [3.8, 4) is 0 Å². The van der Waals surface area contributed by atoms with Crippen LogP contribution in [0.1, 0.15) is 36.6 Å². The number of thiazole rings is 1. The second-order valence-corrected chi connectivity index (χ2v) is 8.51.